The van der Waals surface area contributed by atoms with E-state index in [4.69, 9.17) is 10.5 Å². The lowest BCUT2D eigenvalue weighted by Gasteiger charge is -2.12. The molecule has 1 rings (SSSR count). The van der Waals surface area contributed by atoms with Crippen molar-refractivity contribution in [1.82, 2.24) is 5.32 Å². The fourth-order valence-corrected chi connectivity index (χ4v) is 2.59. The van der Waals surface area contributed by atoms with Crippen LogP contribution in [0, 0.1) is 0 Å². The number of nitrogen functional groups attached to an aromatic ring is 1. The zero-order valence-electron chi connectivity index (χ0n) is 12.0. The van der Waals surface area contributed by atoms with Gasteiger partial charge in [-0.25, -0.2) is 0 Å². The summed E-state index contributed by atoms with van der Waals surface area (Å²) in [6.07, 6.45) is 2.19. The maximum Gasteiger partial charge on any atom is 0.263 e. The van der Waals surface area contributed by atoms with Crippen molar-refractivity contribution >= 4 is 27.9 Å². The monoisotopic (exact) mass is 285 g/mol. The van der Waals surface area contributed by atoms with Crippen LogP contribution < -0.4 is 21.1 Å². The molecule has 0 radical (unpaired) electrons. The summed E-state index contributed by atoms with van der Waals surface area (Å²) in [6.45, 7) is 6.85. The normalized spacial score (nSPS) is 10.6. The van der Waals surface area contributed by atoms with Crippen LogP contribution in [-0.4, -0.2) is 25.6 Å². The summed E-state index contributed by atoms with van der Waals surface area (Å²) in [7, 11) is 1.59. The van der Waals surface area contributed by atoms with Crippen molar-refractivity contribution in [1.29, 1.82) is 0 Å². The van der Waals surface area contributed by atoms with Gasteiger partial charge in [-0.3, -0.25) is 4.79 Å². The minimum absolute atomic E-state index is 0.0150. The van der Waals surface area contributed by atoms with Gasteiger partial charge in [0.15, 0.2) is 5.75 Å². The third-order valence-electron chi connectivity index (χ3n) is 2.50. The van der Waals surface area contributed by atoms with Crippen molar-refractivity contribution in [3.63, 3.8) is 0 Å². The predicted molar refractivity (Wildman–Crippen MR) is 81.3 cm³/mol. The van der Waals surface area contributed by atoms with E-state index in [0.29, 0.717) is 16.3 Å². The second-order valence-corrected chi connectivity index (χ2v) is 5.55. The van der Waals surface area contributed by atoms with Gasteiger partial charge in [0.25, 0.3) is 5.91 Å². The van der Waals surface area contributed by atoms with Crippen LogP contribution >= 0.6 is 11.3 Å². The molecule has 1 heterocycles. The van der Waals surface area contributed by atoms with Gasteiger partial charge in [0.2, 0.25) is 0 Å². The molecule has 0 aliphatic rings. The van der Waals surface area contributed by atoms with Crippen LogP contribution in [-0.2, 0) is 0 Å². The molecule has 1 aromatic rings. The summed E-state index contributed by atoms with van der Waals surface area (Å²) in [5, 5.41) is 6.72. The first-order valence-corrected chi connectivity index (χ1v) is 7.37. The van der Waals surface area contributed by atoms with E-state index in [0.717, 1.165) is 24.4 Å². The second kappa shape index (κ2) is 7.23. The Hall–Kier alpha value is -1.43. The SMILES string of the molecule is CCCCNc1sc(C(=O)NC)c(N)c1OC(C)C. The summed E-state index contributed by atoms with van der Waals surface area (Å²) in [4.78, 5) is 12.2. The fourth-order valence-electron chi connectivity index (χ4n) is 1.56. The zero-order valence-corrected chi connectivity index (χ0v) is 12.8. The fraction of sp³-hybridized carbons (Fsp3) is 0.615. The number of hydrogen-bond acceptors (Lipinski definition) is 5. The predicted octanol–water partition coefficient (Wildman–Crippen LogP) is 2.69. The molecule has 108 valence electrons. The Morgan fingerprint density at radius 2 is 2.16 bits per heavy atom. The number of thiophene rings is 1. The molecule has 0 saturated heterocycles. The van der Waals surface area contributed by atoms with E-state index in [-0.39, 0.29) is 12.0 Å². The molecule has 4 N–H and O–H groups in total. The summed E-state index contributed by atoms with van der Waals surface area (Å²) < 4.78 is 5.73. The van der Waals surface area contributed by atoms with Crippen molar-refractivity contribution in [2.45, 2.75) is 39.7 Å². The first kappa shape index (κ1) is 15.6. The largest absolute Gasteiger partial charge is 0.486 e. The standard InChI is InChI=1S/C13H23N3O2S/c1-5-6-7-16-13-10(18-8(2)3)9(14)11(19-13)12(17)15-4/h8,16H,5-7,14H2,1-4H3,(H,15,17). The molecule has 0 bridgehead atoms. The Balaban J connectivity index is 3.01. The Labute approximate surface area is 118 Å². The summed E-state index contributed by atoms with van der Waals surface area (Å²) in [6, 6.07) is 0. The van der Waals surface area contributed by atoms with E-state index < -0.39 is 0 Å². The third-order valence-corrected chi connectivity index (χ3v) is 3.65. The Morgan fingerprint density at radius 3 is 2.68 bits per heavy atom. The molecule has 1 aromatic heterocycles. The lowest BCUT2D eigenvalue weighted by molar-refractivity contribution is 0.0967. The van der Waals surface area contributed by atoms with Crippen molar-refractivity contribution in [3.05, 3.63) is 4.88 Å². The number of anilines is 2. The van der Waals surface area contributed by atoms with Gasteiger partial charge in [-0.05, 0) is 20.3 Å². The van der Waals surface area contributed by atoms with Crippen molar-refractivity contribution in [2.75, 3.05) is 24.6 Å². The van der Waals surface area contributed by atoms with E-state index >= 15 is 0 Å². The molecule has 0 saturated carbocycles. The average molecular weight is 285 g/mol. The number of hydrogen-bond donors (Lipinski definition) is 3. The lowest BCUT2D eigenvalue weighted by Crippen LogP contribution is -2.17. The average Bonchev–Trinajstić information content (AvgIpc) is 2.66. The van der Waals surface area contributed by atoms with Gasteiger partial charge in [-0.1, -0.05) is 13.3 Å². The van der Waals surface area contributed by atoms with Gasteiger partial charge in [-0.15, -0.1) is 11.3 Å². The van der Waals surface area contributed by atoms with Crippen LogP contribution in [0.15, 0.2) is 0 Å². The molecule has 0 aromatic carbocycles. The number of carbonyl (C=O) groups excluding carboxylic acids is 1. The first-order valence-electron chi connectivity index (χ1n) is 6.56. The Bertz CT molecular complexity index is 430. The Kier molecular flexibility index (Phi) is 5.95. The number of amides is 1. The number of unbranched alkanes of at least 4 members (excludes halogenated alkanes) is 1. The van der Waals surface area contributed by atoms with Crippen molar-refractivity contribution in [2.24, 2.45) is 0 Å². The lowest BCUT2D eigenvalue weighted by atomic mass is 10.3. The maximum atomic E-state index is 11.8. The smallest absolute Gasteiger partial charge is 0.263 e. The van der Waals surface area contributed by atoms with Crippen molar-refractivity contribution in [3.8, 4) is 5.75 Å². The van der Waals surface area contributed by atoms with E-state index in [1.54, 1.807) is 7.05 Å². The minimum Gasteiger partial charge on any atom is -0.486 e. The molecular weight excluding hydrogens is 262 g/mol. The molecule has 0 aliphatic heterocycles. The van der Waals surface area contributed by atoms with Crippen LogP contribution in [0.5, 0.6) is 5.75 Å². The zero-order chi connectivity index (χ0) is 14.4. The van der Waals surface area contributed by atoms with Gasteiger partial charge in [0, 0.05) is 13.6 Å². The summed E-state index contributed by atoms with van der Waals surface area (Å²) in [5.74, 6) is 0.411. The highest BCUT2D eigenvalue weighted by Gasteiger charge is 2.22. The van der Waals surface area contributed by atoms with Gasteiger partial charge in [0.05, 0.1) is 6.10 Å². The van der Waals surface area contributed by atoms with Gasteiger partial charge >= 0.3 is 0 Å². The summed E-state index contributed by atoms with van der Waals surface area (Å²) >= 11 is 1.34. The number of rotatable bonds is 7. The van der Waals surface area contributed by atoms with Gasteiger partial charge in [-0.2, -0.15) is 0 Å². The van der Waals surface area contributed by atoms with E-state index in [1.165, 1.54) is 11.3 Å². The first-order chi connectivity index (χ1) is 9.01. The number of carbonyl (C=O) groups is 1. The van der Waals surface area contributed by atoms with E-state index in [1.807, 2.05) is 13.8 Å². The van der Waals surface area contributed by atoms with Crippen LogP contribution in [0.2, 0.25) is 0 Å². The minimum atomic E-state index is -0.181. The summed E-state index contributed by atoms with van der Waals surface area (Å²) in [5.41, 5.74) is 6.43. The quantitative estimate of drug-likeness (QED) is 0.673. The van der Waals surface area contributed by atoms with Gasteiger partial charge < -0.3 is 21.1 Å². The molecule has 5 nitrogen and oxygen atoms in total. The molecule has 0 unspecified atom stereocenters. The number of ether oxygens (including phenoxy) is 1. The second-order valence-electron chi connectivity index (χ2n) is 4.53. The topological polar surface area (TPSA) is 76.4 Å². The molecule has 0 spiro atoms. The molecule has 1 amide bonds. The van der Waals surface area contributed by atoms with E-state index in [9.17, 15) is 4.79 Å². The van der Waals surface area contributed by atoms with Crippen LogP contribution in [0.4, 0.5) is 10.7 Å². The van der Waals surface area contributed by atoms with Crippen LogP contribution in [0.1, 0.15) is 43.3 Å². The van der Waals surface area contributed by atoms with Crippen molar-refractivity contribution < 1.29 is 9.53 Å². The van der Waals surface area contributed by atoms with Gasteiger partial charge in [0.1, 0.15) is 15.6 Å². The Morgan fingerprint density at radius 1 is 1.47 bits per heavy atom. The molecule has 0 atom stereocenters. The number of nitrogens with two attached hydrogens (primary N) is 1. The third kappa shape index (κ3) is 4.02. The molecule has 6 heteroatoms. The molecular formula is C13H23N3O2S. The number of nitrogens with one attached hydrogen (secondary N) is 2. The maximum absolute atomic E-state index is 11.8. The highest BCUT2D eigenvalue weighted by molar-refractivity contribution is 7.19. The molecule has 0 fully saturated rings. The highest BCUT2D eigenvalue weighted by Crippen LogP contribution is 2.43. The molecule has 0 aliphatic carbocycles. The highest BCUT2D eigenvalue weighted by atomic mass is 32.1. The van der Waals surface area contributed by atoms with Crippen LogP contribution in [0.3, 0.4) is 0 Å². The molecule has 19 heavy (non-hydrogen) atoms. The van der Waals surface area contributed by atoms with E-state index in [2.05, 4.69) is 17.6 Å². The van der Waals surface area contributed by atoms with Crippen LogP contribution in [0.25, 0.3) is 0 Å².